The van der Waals surface area contributed by atoms with Gasteiger partial charge in [-0.1, -0.05) is 0 Å². The number of halogens is 1. The van der Waals surface area contributed by atoms with Gasteiger partial charge in [0.05, 0.1) is 12.7 Å². The number of rotatable bonds is 4. The Morgan fingerprint density at radius 3 is 2.78 bits per heavy atom. The second-order valence-corrected chi connectivity index (χ2v) is 6.41. The lowest BCUT2D eigenvalue weighted by Gasteiger charge is -2.14. The number of nitrogens with zero attached hydrogens (tertiary/aromatic N) is 2. The van der Waals surface area contributed by atoms with Crippen LogP contribution in [0.25, 0.3) is 0 Å². The Balaban J connectivity index is 2.23. The van der Waals surface area contributed by atoms with E-state index in [0.717, 1.165) is 4.31 Å². The highest BCUT2D eigenvalue weighted by Gasteiger charge is 2.25. The smallest absolute Gasteiger partial charge is 0.248 e. The number of hydrogen-bond acceptors (Lipinski definition) is 5. The van der Waals surface area contributed by atoms with E-state index >= 15 is 0 Å². The fourth-order valence-corrected chi connectivity index (χ4v) is 2.88. The molecule has 3 N–H and O–H groups in total. The summed E-state index contributed by atoms with van der Waals surface area (Å²) in [6.07, 6.45) is 1.18. The van der Waals surface area contributed by atoms with Gasteiger partial charge in [-0.15, -0.1) is 0 Å². The van der Waals surface area contributed by atoms with E-state index in [1.165, 1.54) is 13.2 Å². The molecule has 0 saturated heterocycles. The van der Waals surface area contributed by atoms with Gasteiger partial charge in [0.15, 0.2) is 4.67 Å². The molecule has 0 atom stereocenters. The molecule has 2 rings (SSSR count). The number of hydrogen-bond donors (Lipinski definition) is 2. The lowest BCUT2D eigenvalue weighted by Crippen LogP contribution is -2.26. The van der Waals surface area contributed by atoms with Crippen LogP contribution in [0.4, 0.5) is 5.82 Å². The number of nitrogens with one attached hydrogen (secondary N) is 1. The molecule has 0 bridgehead atoms. The van der Waals surface area contributed by atoms with Gasteiger partial charge in [-0.25, -0.2) is 8.42 Å². The molecule has 0 fully saturated rings. The first-order valence-electron chi connectivity index (χ1n) is 4.90. The van der Waals surface area contributed by atoms with Crippen LogP contribution in [0, 0.1) is 0 Å². The van der Waals surface area contributed by atoms with Crippen LogP contribution >= 0.6 is 15.9 Å². The monoisotopic (exact) mass is 334 g/mol. The maximum Gasteiger partial charge on any atom is 0.248 e. The van der Waals surface area contributed by atoms with Crippen LogP contribution in [0.3, 0.4) is 0 Å². The predicted molar refractivity (Wildman–Crippen MR) is 68.1 cm³/mol. The minimum Gasteiger partial charge on any atom is -0.453 e. The number of nitrogen functional groups attached to an aromatic ring is 1. The molecule has 2 aromatic rings. The number of H-pyrrole nitrogens is 1. The molecule has 0 saturated carbocycles. The average molecular weight is 335 g/mol. The molecular weight excluding hydrogens is 324 g/mol. The fraction of sp³-hybridized carbons (Fsp3) is 0.222. The van der Waals surface area contributed by atoms with E-state index in [2.05, 4.69) is 26.1 Å². The third-order valence-electron chi connectivity index (χ3n) is 2.33. The van der Waals surface area contributed by atoms with Gasteiger partial charge >= 0.3 is 0 Å². The molecule has 2 aromatic heterocycles. The van der Waals surface area contributed by atoms with Crippen LogP contribution in [0.1, 0.15) is 5.76 Å². The number of sulfonamides is 1. The van der Waals surface area contributed by atoms with Crippen LogP contribution in [0.5, 0.6) is 0 Å². The summed E-state index contributed by atoms with van der Waals surface area (Å²) in [5.74, 6) is 0.539. The van der Waals surface area contributed by atoms with Crippen molar-refractivity contribution in [2.24, 2.45) is 0 Å². The van der Waals surface area contributed by atoms with E-state index in [1.54, 1.807) is 12.1 Å². The Bertz CT molecular complexity index is 648. The third kappa shape index (κ3) is 2.42. The summed E-state index contributed by atoms with van der Waals surface area (Å²) < 4.78 is 31.3. The molecule has 0 radical (unpaired) electrons. The summed E-state index contributed by atoms with van der Waals surface area (Å²) in [6.45, 7) is 0.110. The summed E-state index contributed by atoms with van der Waals surface area (Å²) in [6, 6.07) is 3.39. The van der Waals surface area contributed by atoms with Gasteiger partial charge < -0.3 is 10.2 Å². The van der Waals surface area contributed by atoms with Crippen LogP contribution in [-0.4, -0.2) is 30.0 Å². The van der Waals surface area contributed by atoms with Crippen molar-refractivity contribution in [2.45, 2.75) is 11.4 Å². The quantitative estimate of drug-likeness (QED) is 0.872. The molecule has 0 aliphatic rings. The molecule has 0 spiro atoms. The Kier molecular flexibility index (Phi) is 3.46. The molecule has 0 aromatic carbocycles. The van der Waals surface area contributed by atoms with Crippen LogP contribution in [-0.2, 0) is 16.6 Å². The summed E-state index contributed by atoms with van der Waals surface area (Å²) in [5.41, 5.74) is 5.51. The predicted octanol–water partition coefficient (Wildman–Crippen LogP) is 1.17. The average Bonchev–Trinajstić information content (AvgIpc) is 2.87. The number of furan rings is 1. The zero-order valence-corrected chi connectivity index (χ0v) is 11.8. The van der Waals surface area contributed by atoms with Gasteiger partial charge in [-0.3, -0.25) is 5.10 Å². The van der Waals surface area contributed by atoms with Crippen molar-refractivity contribution in [3.05, 3.63) is 28.8 Å². The van der Waals surface area contributed by atoms with Crippen LogP contribution in [0.15, 0.2) is 32.3 Å². The molecule has 9 heteroatoms. The highest BCUT2D eigenvalue weighted by Crippen LogP contribution is 2.22. The van der Waals surface area contributed by atoms with Crippen molar-refractivity contribution in [1.82, 2.24) is 14.5 Å². The Labute approximate surface area is 112 Å². The third-order valence-corrected chi connectivity index (χ3v) is 4.58. The molecule has 0 amide bonds. The minimum absolute atomic E-state index is 0.0162. The van der Waals surface area contributed by atoms with Crippen molar-refractivity contribution in [3.8, 4) is 0 Å². The molecule has 2 heterocycles. The van der Waals surface area contributed by atoms with Crippen molar-refractivity contribution in [2.75, 3.05) is 12.8 Å². The second kappa shape index (κ2) is 4.75. The van der Waals surface area contributed by atoms with Crippen LogP contribution < -0.4 is 5.73 Å². The highest BCUT2D eigenvalue weighted by atomic mass is 79.9. The Morgan fingerprint density at radius 1 is 1.56 bits per heavy atom. The zero-order chi connectivity index (χ0) is 13.3. The van der Waals surface area contributed by atoms with E-state index in [1.807, 2.05) is 0 Å². The van der Waals surface area contributed by atoms with Crippen molar-refractivity contribution >= 4 is 31.8 Å². The van der Waals surface area contributed by atoms with Gasteiger partial charge in [0.25, 0.3) is 0 Å². The molecular formula is C9H11BrN4O3S. The van der Waals surface area contributed by atoms with Crippen molar-refractivity contribution in [1.29, 1.82) is 0 Å². The summed E-state index contributed by atoms with van der Waals surface area (Å²) in [4.78, 5) is -0.0457. The maximum absolute atomic E-state index is 12.2. The molecule has 18 heavy (non-hydrogen) atoms. The minimum atomic E-state index is -3.68. The van der Waals surface area contributed by atoms with E-state index < -0.39 is 10.0 Å². The second-order valence-electron chi connectivity index (χ2n) is 3.61. The standard InChI is InChI=1S/C9H11BrN4O3S/c1-14(5-6-2-3-8(10)17-6)18(15,16)7-4-12-13-9(7)11/h2-4H,5H2,1H3,(H3,11,12,13). The lowest BCUT2D eigenvalue weighted by atomic mass is 10.4. The molecule has 0 unspecified atom stereocenters. The molecule has 0 aliphatic heterocycles. The maximum atomic E-state index is 12.2. The normalized spacial score (nSPS) is 12.2. The number of aromatic amines is 1. The van der Waals surface area contributed by atoms with E-state index in [9.17, 15) is 8.42 Å². The van der Waals surface area contributed by atoms with E-state index in [0.29, 0.717) is 10.4 Å². The van der Waals surface area contributed by atoms with E-state index in [-0.39, 0.29) is 17.3 Å². The molecule has 98 valence electrons. The van der Waals surface area contributed by atoms with Gasteiger partial charge in [-0.2, -0.15) is 9.40 Å². The SMILES string of the molecule is CN(Cc1ccc(Br)o1)S(=O)(=O)c1cn[nH]c1N. The number of nitrogens with two attached hydrogens (primary N) is 1. The zero-order valence-electron chi connectivity index (χ0n) is 9.42. The summed E-state index contributed by atoms with van der Waals surface area (Å²) in [7, 11) is -2.23. The topological polar surface area (TPSA) is 105 Å². The summed E-state index contributed by atoms with van der Waals surface area (Å²) in [5, 5.41) is 5.98. The van der Waals surface area contributed by atoms with Gasteiger partial charge in [0, 0.05) is 7.05 Å². The van der Waals surface area contributed by atoms with E-state index in [4.69, 9.17) is 10.2 Å². The first kappa shape index (κ1) is 13.1. The van der Waals surface area contributed by atoms with Crippen molar-refractivity contribution in [3.63, 3.8) is 0 Å². The Hall–Kier alpha value is -1.32. The first-order chi connectivity index (χ1) is 8.41. The first-order valence-corrected chi connectivity index (χ1v) is 7.14. The highest BCUT2D eigenvalue weighted by molar-refractivity contribution is 9.10. The fourth-order valence-electron chi connectivity index (χ4n) is 1.40. The number of aromatic nitrogens is 2. The lowest BCUT2D eigenvalue weighted by molar-refractivity contribution is 0.399. The number of anilines is 1. The van der Waals surface area contributed by atoms with Gasteiger partial charge in [0.2, 0.25) is 10.0 Å². The molecule has 7 nitrogen and oxygen atoms in total. The van der Waals surface area contributed by atoms with Gasteiger partial charge in [0.1, 0.15) is 16.5 Å². The van der Waals surface area contributed by atoms with Gasteiger partial charge in [-0.05, 0) is 28.1 Å². The Morgan fingerprint density at radius 2 is 2.28 bits per heavy atom. The van der Waals surface area contributed by atoms with Crippen LogP contribution in [0.2, 0.25) is 0 Å². The van der Waals surface area contributed by atoms with Crippen molar-refractivity contribution < 1.29 is 12.8 Å². The summed E-state index contributed by atoms with van der Waals surface area (Å²) >= 11 is 3.15. The molecule has 0 aliphatic carbocycles. The largest absolute Gasteiger partial charge is 0.453 e.